The number of hydrogen-bond donors (Lipinski definition) is 0. The second-order valence-electron chi connectivity index (χ2n) is 7.74. The summed E-state index contributed by atoms with van der Waals surface area (Å²) in [6.45, 7) is 9.20. The maximum Gasteiger partial charge on any atom is 0.253 e. The van der Waals surface area contributed by atoms with E-state index < -0.39 is 0 Å². The molecule has 3 rings (SSSR count). The molecule has 0 spiro atoms. The predicted molar refractivity (Wildman–Crippen MR) is 103 cm³/mol. The largest absolute Gasteiger partial charge is 0.336 e. The average molecular weight is 357 g/mol. The maximum atomic E-state index is 13.1. The molecule has 2 aliphatic rings. The zero-order valence-electron chi connectivity index (χ0n) is 16.2. The number of nitrogens with zero attached hydrogens (tertiary/aromatic N) is 3. The Morgan fingerprint density at radius 1 is 0.962 bits per heavy atom. The van der Waals surface area contributed by atoms with Crippen LogP contribution in [0.4, 0.5) is 0 Å². The van der Waals surface area contributed by atoms with Gasteiger partial charge in [0.1, 0.15) is 0 Å². The van der Waals surface area contributed by atoms with E-state index in [0.717, 1.165) is 31.5 Å². The molecule has 1 aromatic carbocycles. The van der Waals surface area contributed by atoms with Crippen molar-refractivity contribution in [3.63, 3.8) is 0 Å². The molecule has 5 nitrogen and oxygen atoms in total. The number of piperidine rings is 1. The smallest absolute Gasteiger partial charge is 0.253 e. The summed E-state index contributed by atoms with van der Waals surface area (Å²) in [5, 5.41) is 0. The second-order valence-corrected chi connectivity index (χ2v) is 7.74. The first-order valence-electron chi connectivity index (χ1n) is 9.89. The van der Waals surface area contributed by atoms with Gasteiger partial charge < -0.3 is 9.80 Å². The fourth-order valence-electron chi connectivity index (χ4n) is 4.30. The number of rotatable bonds is 3. The molecule has 0 radical (unpaired) electrons. The molecule has 142 valence electrons. The van der Waals surface area contributed by atoms with E-state index in [0.29, 0.717) is 25.2 Å². The molecule has 1 aromatic rings. The van der Waals surface area contributed by atoms with Gasteiger partial charge in [0, 0.05) is 43.8 Å². The fourth-order valence-corrected chi connectivity index (χ4v) is 4.30. The van der Waals surface area contributed by atoms with Crippen LogP contribution in [0, 0.1) is 0 Å². The van der Waals surface area contributed by atoms with Gasteiger partial charge in [-0.1, -0.05) is 18.2 Å². The number of likely N-dealkylation sites (tertiary alicyclic amines) is 1. The third-order valence-electron chi connectivity index (χ3n) is 5.98. The van der Waals surface area contributed by atoms with Crippen LogP contribution in [0.5, 0.6) is 0 Å². The molecule has 2 fully saturated rings. The normalized spacial score (nSPS) is 25.8. The number of amides is 2. The Morgan fingerprint density at radius 2 is 1.54 bits per heavy atom. The van der Waals surface area contributed by atoms with Gasteiger partial charge in [-0.2, -0.15) is 0 Å². The molecule has 0 bridgehead atoms. The summed E-state index contributed by atoms with van der Waals surface area (Å²) in [5.41, 5.74) is 0.737. The third kappa shape index (κ3) is 3.93. The first-order chi connectivity index (χ1) is 12.5. The Bertz CT molecular complexity index is 615. The van der Waals surface area contributed by atoms with Gasteiger partial charge in [0.05, 0.1) is 6.04 Å². The summed E-state index contributed by atoms with van der Waals surface area (Å²) >= 11 is 0. The van der Waals surface area contributed by atoms with Crippen molar-refractivity contribution >= 4 is 11.8 Å². The number of benzene rings is 1. The quantitative estimate of drug-likeness (QED) is 0.835. The third-order valence-corrected chi connectivity index (χ3v) is 5.98. The number of hydrogen-bond acceptors (Lipinski definition) is 3. The summed E-state index contributed by atoms with van der Waals surface area (Å²) in [4.78, 5) is 31.9. The van der Waals surface area contributed by atoms with Gasteiger partial charge in [0.25, 0.3) is 5.91 Å². The van der Waals surface area contributed by atoms with Crippen molar-refractivity contribution in [3.8, 4) is 0 Å². The van der Waals surface area contributed by atoms with Crippen LogP contribution in [-0.4, -0.2) is 70.8 Å². The van der Waals surface area contributed by atoms with Crippen molar-refractivity contribution in [2.24, 2.45) is 0 Å². The number of piperazine rings is 1. The van der Waals surface area contributed by atoms with Crippen molar-refractivity contribution in [1.29, 1.82) is 0 Å². The molecule has 2 saturated heterocycles. The lowest BCUT2D eigenvalue weighted by Gasteiger charge is -2.44. The van der Waals surface area contributed by atoms with E-state index in [2.05, 4.69) is 23.6 Å². The van der Waals surface area contributed by atoms with E-state index in [1.165, 1.54) is 6.42 Å². The SMILES string of the molecule is C[C@H](C(=O)N1[C@@H](C)CCC[C@@H]1C)N1CCN(C(=O)c2ccccc2)CC1. The van der Waals surface area contributed by atoms with Crippen LogP contribution >= 0.6 is 0 Å². The summed E-state index contributed by atoms with van der Waals surface area (Å²) in [6.07, 6.45) is 3.41. The minimum absolute atomic E-state index is 0.0857. The van der Waals surface area contributed by atoms with Gasteiger partial charge >= 0.3 is 0 Å². The van der Waals surface area contributed by atoms with Gasteiger partial charge in [-0.3, -0.25) is 14.5 Å². The molecule has 2 heterocycles. The highest BCUT2D eigenvalue weighted by atomic mass is 16.2. The highest BCUT2D eigenvalue weighted by Gasteiger charge is 2.35. The van der Waals surface area contributed by atoms with Crippen molar-refractivity contribution in [2.45, 2.75) is 58.2 Å². The molecule has 0 saturated carbocycles. The molecule has 2 amide bonds. The van der Waals surface area contributed by atoms with Crippen LogP contribution in [0.3, 0.4) is 0 Å². The van der Waals surface area contributed by atoms with Crippen molar-refractivity contribution in [1.82, 2.24) is 14.7 Å². The molecule has 0 aliphatic carbocycles. The molecular weight excluding hydrogens is 326 g/mol. The maximum absolute atomic E-state index is 13.1. The first kappa shape index (κ1) is 18.9. The first-order valence-corrected chi connectivity index (χ1v) is 9.89. The Labute approximate surface area is 156 Å². The Kier molecular flexibility index (Phi) is 5.97. The van der Waals surface area contributed by atoms with E-state index in [9.17, 15) is 9.59 Å². The highest BCUT2D eigenvalue weighted by molar-refractivity contribution is 5.94. The van der Waals surface area contributed by atoms with Crippen molar-refractivity contribution < 1.29 is 9.59 Å². The topological polar surface area (TPSA) is 43.9 Å². The highest BCUT2D eigenvalue weighted by Crippen LogP contribution is 2.24. The standard InChI is InChI=1S/C21H31N3O2/c1-16-8-7-9-17(2)24(16)20(25)18(3)22-12-14-23(15-13-22)21(26)19-10-5-4-6-11-19/h4-6,10-11,16-18H,7-9,12-15H2,1-3H3/t16-,17-,18+/m0/s1. The lowest BCUT2D eigenvalue weighted by molar-refractivity contribution is -0.143. The van der Waals surface area contributed by atoms with Gasteiger partial charge in [-0.05, 0) is 52.2 Å². The van der Waals surface area contributed by atoms with Crippen LogP contribution in [0.15, 0.2) is 30.3 Å². The predicted octanol–water partition coefficient (Wildman–Crippen LogP) is 2.62. The van der Waals surface area contributed by atoms with E-state index in [-0.39, 0.29) is 17.9 Å². The fraction of sp³-hybridized carbons (Fsp3) is 0.619. The van der Waals surface area contributed by atoms with Gasteiger partial charge in [0.2, 0.25) is 5.91 Å². The van der Waals surface area contributed by atoms with Crippen LogP contribution in [0.25, 0.3) is 0 Å². The molecule has 26 heavy (non-hydrogen) atoms. The van der Waals surface area contributed by atoms with Crippen LogP contribution in [-0.2, 0) is 4.79 Å². The Morgan fingerprint density at radius 3 is 2.12 bits per heavy atom. The van der Waals surface area contributed by atoms with E-state index in [1.54, 1.807) is 0 Å². The summed E-state index contributed by atoms with van der Waals surface area (Å²) < 4.78 is 0. The molecular formula is C21H31N3O2. The number of carbonyl (C=O) groups excluding carboxylic acids is 2. The lowest BCUT2D eigenvalue weighted by atomic mass is 9.96. The molecule has 0 unspecified atom stereocenters. The minimum atomic E-state index is -0.119. The molecule has 0 N–H and O–H groups in total. The zero-order valence-corrected chi connectivity index (χ0v) is 16.2. The van der Waals surface area contributed by atoms with Crippen molar-refractivity contribution in [3.05, 3.63) is 35.9 Å². The van der Waals surface area contributed by atoms with E-state index >= 15 is 0 Å². The molecule has 2 aliphatic heterocycles. The van der Waals surface area contributed by atoms with Crippen LogP contribution in [0.2, 0.25) is 0 Å². The van der Waals surface area contributed by atoms with Gasteiger partial charge in [-0.25, -0.2) is 0 Å². The summed E-state index contributed by atoms with van der Waals surface area (Å²) in [5.74, 6) is 0.329. The Balaban J connectivity index is 1.57. The van der Waals surface area contributed by atoms with Crippen LogP contribution < -0.4 is 0 Å². The van der Waals surface area contributed by atoms with Gasteiger partial charge in [-0.15, -0.1) is 0 Å². The Hall–Kier alpha value is -1.88. The van der Waals surface area contributed by atoms with E-state index in [4.69, 9.17) is 0 Å². The minimum Gasteiger partial charge on any atom is -0.336 e. The molecule has 3 atom stereocenters. The monoisotopic (exact) mass is 357 g/mol. The van der Waals surface area contributed by atoms with Crippen molar-refractivity contribution in [2.75, 3.05) is 26.2 Å². The molecule has 5 heteroatoms. The van der Waals surface area contributed by atoms with E-state index in [1.807, 2.05) is 42.2 Å². The second kappa shape index (κ2) is 8.21. The lowest BCUT2D eigenvalue weighted by Crippen LogP contribution is -2.58. The number of carbonyl (C=O) groups is 2. The zero-order chi connectivity index (χ0) is 18.7. The summed E-state index contributed by atoms with van der Waals surface area (Å²) in [7, 11) is 0. The molecule has 0 aromatic heterocycles. The summed E-state index contributed by atoms with van der Waals surface area (Å²) in [6, 6.07) is 9.97. The van der Waals surface area contributed by atoms with Gasteiger partial charge in [0.15, 0.2) is 0 Å². The average Bonchev–Trinajstić information content (AvgIpc) is 2.67. The van der Waals surface area contributed by atoms with Crippen LogP contribution in [0.1, 0.15) is 50.4 Å².